The quantitative estimate of drug-likeness (QED) is 0.701. The molecule has 1 aliphatic rings. The van der Waals surface area contributed by atoms with E-state index >= 15 is 0 Å². The molecule has 84 valence electrons. The zero-order valence-electron chi connectivity index (χ0n) is 10.1. The van der Waals surface area contributed by atoms with Gasteiger partial charge in [-0.25, -0.2) is 0 Å². The lowest BCUT2D eigenvalue weighted by atomic mass is 10.1. The number of hydrogen-bond acceptors (Lipinski definition) is 2. The lowest BCUT2D eigenvalue weighted by molar-refractivity contribution is 0.940. The molecule has 0 amide bonds. The van der Waals surface area contributed by atoms with Crippen molar-refractivity contribution in [3.05, 3.63) is 54.5 Å². The summed E-state index contributed by atoms with van der Waals surface area (Å²) >= 11 is 0. The summed E-state index contributed by atoms with van der Waals surface area (Å²) in [5, 5.41) is 0. The Morgan fingerprint density at radius 3 is 2.62 bits per heavy atom. The Morgan fingerprint density at radius 1 is 1.12 bits per heavy atom. The fraction of sp³-hybridized carbons (Fsp3) is 0.286. The molecule has 2 heteroatoms. The second kappa shape index (κ2) is 6.72. The topological polar surface area (TPSA) is 25.2 Å². The third-order valence-electron chi connectivity index (χ3n) is 2.09. The highest BCUT2D eigenvalue weighted by Crippen LogP contribution is 2.07. The van der Waals surface area contributed by atoms with Gasteiger partial charge in [0.25, 0.3) is 0 Å². The van der Waals surface area contributed by atoms with Gasteiger partial charge in [0.2, 0.25) is 0 Å². The fourth-order valence-electron chi connectivity index (χ4n) is 1.27. The predicted molar refractivity (Wildman–Crippen MR) is 69.6 cm³/mol. The lowest BCUT2D eigenvalue weighted by Crippen LogP contribution is -1.98. The van der Waals surface area contributed by atoms with Crippen LogP contribution < -0.4 is 0 Å². The Morgan fingerprint density at radius 2 is 1.94 bits per heavy atom. The Labute approximate surface area is 97.5 Å². The van der Waals surface area contributed by atoms with Gasteiger partial charge in [-0.1, -0.05) is 39.0 Å². The monoisotopic (exact) mass is 214 g/mol. The van der Waals surface area contributed by atoms with Crippen LogP contribution in [0.5, 0.6) is 0 Å². The maximum Gasteiger partial charge on any atom is 0.0885 e. The minimum Gasteiger partial charge on any atom is -0.255 e. The Balaban J connectivity index is 0.000000606. The summed E-state index contributed by atoms with van der Waals surface area (Å²) in [7, 11) is 0. The van der Waals surface area contributed by atoms with Crippen molar-refractivity contribution < 1.29 is 0 Å². The van der Waals surface area contributed by atoms with Crippen molar-refractivity contribution in [3.8, 4) is 0 Å². The van der Waals surface area contributed by atoms with Crippen LogP contribution in [0.2, 0.25) is 0 Å². The molecule has 0 bridgehead atoms. The molecule has 0 saturated carbocycles. The van der Waals surface area contributed by atoms with Crippen LogP contribution in [0.1, 0.15) is 26.5 Å². The number of rotatable bonds is 1. The van der Waals surface area contributed by atoms with Gasteiger partial charge < -0.3 is 0 Å². The van der Waals surface area contributed by atoms with Gasteiger partial charge in [0.05, 0.1) is 11.4 Å². The SMILES string of the molecule is CC.CC1C=CN=C(c2ccccn2)C=C1. The van der Waals surface area contributed by atoms with Gasteiger partial charge in [0.1, 0.15) is 0 Å². The van der Waals surface area contributed by atoms with E-state index in [1.807, 2.05) is 44.3 Å². The van der Waals surface area contributed by atoms with Crippen LogP contribution in [-0.2, 0) is 0 Å². The van der Waals surface area contributed by atoms with Crippen molar-refractivity contribution in [1.82, 2.24) is 4.98 Å². The largest absolute Gasteiger partial charge is 0.255 e. The molecule has 0 saturated heterocycles. The van der Waals surface area contributed by atoms with Crippen LogP contribution in [0, 0.1) is 5.92 Å². The minimum atomic E-state index is 0.444. The fourth-order valence-corrected chi connectivity index (χ4v) is 1.27. The van der Waals surface area contributed by atoms with Crippen molar-refractivity contribution in [2.24, 2.45) is 10.9 Å². The van der Waals surface area contributed by atoms with Crippen molar-refractivity contribution in [3.63, 3.8) is 0 Å². The lowest BCUT2D eigenvalue weighted by Gasteiger charge is -1.97. The molecule has 1 unspecified atom stereocenters. The number of pyridine rings is 1. The predicted octanol–water partition coefficient (Wildman–Crippen LogP) is 3.62. The second-order valence-corrected chi connectivity index (χ2v) is 3.29. The van der Waals surface area contributed by atoms with Crippen molar-refractivity contribution in [2.45, 2.75) is 20.8 Å². The molecule has 2 rings (SSSR count). The van der Waals surface area contributed by atoms with E-state index in [1.54, 1.807) is 6.20 Å². The van der Waals surface area contributed by atoms with E-state index in [4.69, 9.17) is 0 Å². The van der Waals surface area contributed by atoms with Crippen LogP contribution in [0.3, 0.4) is 0 Å². The van der Waals surface area contributed by atoms with Gasteiger partial charge in [-0.15, -0.1) is 0 Å². The normalized spacial score (nSPS) is 18.2. The summed E-state index contributed by atoms with van der Waals surface area (Å²) in [5.41, 5.74) is 1.84. The third-order valence-corrected chi connectivity index (χ3v) is 2.09. The van der Waals surface area contributed by atoms with E-state index in [-0.39, 0.29) is 0 Å². The van der Waals surface area contributed by atoms with Crippen LogP contribution in [0.4, 0.5) is 0 Å². The van der Waals surface area contributed by atoms with E-state index in [1.165, 1.54) is 0 Å². The number of allylic oxidation sites excluding steroid dienone is 3. The Hall–Kier alpha value is -1.70. The molecule has 0 spiro atoms. The highest BCUT2D eigenvalue weighted by molar-refractivity contribution is 6.07. The molecule has 2 heterocycles. The molecule has 1 aromatic heterocycles. The van der Waals surface area contributed by atoms with Crippen molar-refractivity contribution in [2.75, 3.05) is 0 Å². The van der Waals surface area contributed by atoms with Crippen LogP contribution in [0.15, 0.2) is 53.8 Å². The average molecular weight is 214 g/mol. The summed E-state index contributed by atoms with van der Waals surface area (Å²) in [4.78, 5) is 8.58. The van der Waals surface area contributed by atoms with Crippen LogP contribution in [0.25, 0.3) is 0 Å². The zero-order valence-corrected chi connectivity index (χ0v) is 10.1. The molecule has 0 fully saturated rings. The molecule has 1 atom stereocenters. The molecule has 2 nitrogen and oxygen atoms in total. The molecule has 0 N–H and O–H groups in total. The van der Waals surface area contributed by atoms with E-state index in [0.717, 1.165) is 11.4 Å². The zero-order chi connectivity index (χ0) is 11.8. The third kappa shape index (κ3) is 3.46. The molecule has 1 aliphatic heterocycles. The van der Waals surface area contributed by atoms with Gasteiger partial charge in [0, 0.05) is 12.4 Å². The van der Waals surface area contributed by atoms with Crippen LogP contribution >= 0.6 is 0 Å². The summed E-state index contributed by atoms with van der Waals surface area (Å²) in [6.45, 7) is 6.13. The van der Waals surface area contributed by atoms with Crippen LogP contribution in [-0.4, -0.2) is 10.7 Å². The summed E-state index contributed by atoms with van der Waals surface area (Å²) in [6, 6.07) is 5.84. The average Bonchev–Trinajstić information content (AvgIpc) is 2.58. The van der Waals surface area contributed by atoms with E-state index in [0.29, 0.717) is 5.92 Å². The smallest absolute Gasteiger partial charge is 0.0885 e. The van der Waals surface area contributed by atoms with E-state index in [2.05, 4.69) is 29.1 Å². The summed E-state index contributed by atoms with van der Waals surface area (Å²) < 4.78 is 0. The molecule has 0 radical (unpaired) electrons. The van der Waals surface area contributed by atoms with Gasteiger partial charge in [-0.2, -0.15) is 0 Å². The molecule has 0 aliphatic carbocycles. The highest BCUT2D eigenvalue weighted by atomic mass is 14.8. The summed E-state index contributed by atoms with van der Waals surface area (Å²) in [6.07, 6.45) is 9.83. The van der Waals surface area contributed by atoms with Gasteiger partial charge in [-0.05, 0) is 24.1 Å². The highest BCUT2D eigenvalue weighted by Gasteiger charge is 2.02. The van der Waals surface area contributed by atoms with Gasteiger partial charge >= 0.3 is 0 Å². The first-order valence-electron chi connectivity index (χ1n) is 5.70. The maximum atomic E-state index is 4.33. The van der Waals surface area contributed by atoms with E-state index < -0.39 is 0 Å². The number of nitrogens with zero attached hydrogens (tertiary/aromatic N) is 2. The maximum absolute atomic E-state index is 4.33. The first kappa shape index (κ1) is 12.4. The minimum absolute atomic E-state index is 0.444. The molecule has 1 aromatic rings. The first-order chi connectivity index (χ1) is 7.86. The number of aromatic nitrogens is 1. The molecule has 16 heavy (non-hydrogen) atoms. The number of hydrogen-bond donors (Lipinski definition) is 0. The van der Waals surface area contributed by atoms with E-state index in [9.17, 15) is 0 Å². The van der Waals surface area contributed by atoms with Gasteiger partial charge in [0.15, 0.2) is 0 Å². The second-order valence-electron chi connectivity index (χ2n) is 3.29. The number of aliphatic imine (C=N–C) groups is 1. The first-order valence-corrected chi connectivity index (χ1v) is 5.70. The Kier molecular flexibility index (Phi) is 5.20. The van der Waals surface area contributed by atoms with Crippen molar-refractivity contribution in [1.29, 1.82) is 0 Å². The summed E-state index contributed by atoms with van der Waals surface area (Å²) in [5.74, 6) is 0.444. The Bertz CT molecular complexity index is 388. The standard InChI is InChI=1S/C12H12N2.C2H6/c1-10-5-6-12(14-9-7-10)11-4-2-3-8-13-11;1-2/h2-10H,1H3;1-2H3. The molecular formula is C14H18N2. The molecule has 0 aromatic carbocycles. The van der Waals surface area contributed by atoms with Crippen molar-refractivity contribution >= 4 is 5.71 Å². The molecular weight excluding hydrogens is 196 g/mol. The van der Waals surface area contributed by atoms with Gasteiger partial charge in [-0.3, -0.25) is 9.98 Å².